The zero-order chi connectivity index (χ0) is 11.7. The molecule has 0 unspecified atom stereocenters. The fourth-order valence-corrected chi connectivity index (χ4v) is 1.32. The van der Waals surface area contributed by atoms with Crippen LogP contribution in [-0.4, -0.2) is 9.97 Å². The summed E-state index contributed by atoms with van der Waals surface area (Å²) in [6.07, 6.45) is 1.30. The predicted molar refractivity (Wildman–Crippen MR) is 56.2 cm³/mol. The Bertz CT molecular complexity index is 493. The molecule has 0 aliphatic carbocycles. The van der Waals surface area contributed by atoms with E-state index in [1.807, 2.05) is 0 Å². The number of rotatable bonds is 1. The fourth-order valence-electron chi connectivity index (χ4n) is 1.32. The Morgan fingerprint density at radius 2 is 1.81 bits per heavy atom. The molecule has 0 amide bonds. The second-order valence-electron chi connectivity index (χ2n) is 3.15. The summed E-state index contributed by atoms with van der Waals surface area (Å²) in [5.41, 5.74) is 11.3. The summed E-state index contributed by atoms with van der Waals surface area (Å²) in [6, 6.07) is 3.18. The van der Waals surface area contributed by atoms with Gasteiger partial charge in [-0.2, -0.15) is 4.98 Å². The number of benzene rings is 1. The molecule has 0 atom stereocenters. The predicted octanol–water partition coefficient (Wildman–Crippen LogP) is 1.59. The number of nitrogens with two attached hydrogens (primary N) is 2. The molecule has 0 fully saturated rings. The number of aromatic nitrogens is 2. The molecule has 6 heteroatoms. The molecule has 1 aromatic carbocycles. The highest BCUT2D eigenvalue weighted by Crippen LogP contribution is 2.26. The van der Waals surface area contributed by atoms with Gasteiger partial charge in [0.2, 0.25) is 5.95 Å². The largest absolute Gasteiger partial charge is 0.383 e. The monoisotopic (exact) mass is 222 g/mol. The van der Waals surface area contributed by atoms with Gasteiger partial charge < -0.3 is 11.5 Å². The number of nitrogen functional groups attached to an aromatic ring is 2. The Labute approximate surface area is 89.9 Å². The molecule has 4 N–H and O–H groups in total. The molecular formula is C10H8F2N4. The third-order valence-corrected chi connectivity index (χ3v) is 2.06. The van der Waals surface area contributed by atoms with Crippen molar-refractivity contribution < 1.29 is 8.78 Å². The first kappa shape index (κ1) is 10.3. The van der Waals surface area contributed by atoms with Crippen molar-refractivity contribution in [2.24, 2.45) is 0 Å². The molecule has 2 rings (SSSR count). The average Bonchev–Trinajstić information content (AvgIpc) is 2.19. The lowest BCUT2D eigenvalue weighted by atomic mass is 10.1. The van der Waals surface area contributed by atoms with Gasteiger partial charge in [-0.15, -0.1) is 0 Å². The van der Waals surface area contributed by atoms with Crippen LogP contribution in [0.25, 0.3) is 11.1 Å². The molecule has 16 heavy (non-hydrogen) atoms. The summed E-state index contributed by atoms with van der Waals surface area (Å²) < 4.78 is 26.1. The highest BCUT2D eigenvalue weighted by Gasteiger charge is 2.10. The van der Waals surface area contributed by atoms with Crippen molar-refractivity contribution in [3.63, 3.8) is 0 Å². The maximum atomic E-state index is 13.4. The zero-order valence-corrected chi connectivity index (χ0v) is 8.11. The number of anilines is 2. The SMILES string of the molecule is Nc1ncc(-c2ccc(F)cc2F)c(N)n1. The third-order valence-electron chi connectivity index (χ3n) is 2.06. The second-order valence-corrected chi connectivity index (χ2v) is 3.15. The molecule has 0 saturated heterocycles. The summed E-state index contributed by atoms with van der Waals surface area (Å²) in [5.74, 6) is -1.32. The van der Waals surface area contributed by atoms with Gasteiger partial charge in [-0.3, -0.25) is 0 Å². The first-order valence-electron chi connectivity index (χ1n) is 4.41. The lowest BCUT2D eigenvalue weighted by Gasteiger charge is -2.06. The molecule has 4 nitrogen and oxygen atoms in total. The molecule has 0 spiro atoms. The van der Waals surface area contributed by atoms with E-state index in [2.05, 4.69) is 9.97 Å². The minimum atomic E-state index is -0.722. The smallest absolute Gasteiger partial charge is 0.221 e. The quantitative estimate of drug-likeness (QED) is 0.767. The second kappa shape index (κ2) is 3.73. The molecule has 82 valence electrons. The standard InChI is InChI=1S/C10H8F2N4/c11-5-1-2-6(8(12)3-5)7-4-15-10(14)16-9(7)13/h1-4H,(H4,13,14,15,16). The van der Waals surface area contributed by atoms with E-state index in [4.69, 9.17) is 11.5 Å². The lowest BCUT2D eigenvalue weighted by molar-refractivity contribution is 0.585. The number of nitrogens with zero attached hydrogens (tertiary/aromatic N) is 2. The van der Waals surface area contributed by atoms with E-state index in [-0.39, 0.29) is 22.9 Å². The van der Waals surface area contributed by atoms with E-state index in [1.165, 1.54) is 12.3 Å². The van der Waals surface area contributed by atoms with Crippen molar-refractivity contribution in [3.8, 4) is 11.1 Å². The van der Waals surface area contributed by atoms with E-state index >= 15 is 0 Å². The third kappa shape index (κ3) is 1.77. The van der Waals surface area contributed by atoms with Crippen LogP contribution < -0.4 is 11.5 Å². The van der Waals surface area contributed by atoms with Crippen molar-refractivity contribution in [1.82, 2.24) is 9.97 Å². The van der Waals surface area contributed by atoms with Crippen LogP contribution in [0, 0.1) is 11.6 Å². The molecule has 0 aliphatic heterocycles. The van der Waals surface area contributed by atoms with Gasteiger partial charge in [0.25, 0.3) is 0 Å². The van der Waals surface area contributed by atoms with Crippen molar-refractivity contribution >= 4 is 11.8 Å². The van der Waals surface area contributed by atoms with Crippen molar-refractivity contribution in [1.29, 1.82) is 0 Å². The normalized spacial score (nSPS) is 10.4. The van der Waals surface area contributed by atoms with Crippen molar-refractivity contribution in [2.45, 2.75) is 0 Å². The van der Waals surface area contributed by atoms with Gasteiger partial charge in [-0.1, -0.05) is 0 Å². The Kier molecular flexibility index (Phi) is 2.40. The number of hydrogen-bond acceptors (Lipinski definition) is 4. The van der Waals surface area contributed by atoms with Crippen LogP contribution in [0.1, 0.15) is 0 Å². The molecule has 0 aliphatic rings. The van der Waals surface area contributed by atoms with Crippen LogP contribution in [0.3, 0.4) is 0 Å². The Hall–Kier alpha value is -2.24. The minimum absolute atomic E-state index is 0.00349. The van der Waals surface area contributed by atoms with Gasteiger partial charge >= 0.3 is 0 Å². The molecule has 0 radical (unpaired) electrons. The number of halogens is 2. The molecule has 1 heterocycles. The number of hydrogen-bond donors (Lipinski definition) is 2. The Balaban J connectivity index is 2.59. The van der Waals surface area contributed by atoms with Gasteiger partial charge in [-0.25, -0.2) is 13.8 Å². The summed E-state index contributed by atoms with van der Waals surface area (Å²) in [5, 5.41) is 0. The van der Waals surface area contributed by atoms with Crippen LogP contribution in [0.15, 0.2) is 24.4 Å². The van der Waals surface area contributed by atoms with Crippen LogP contribution in [0.2, 0.25) is 0 Å². The molecular weight excluding hydrogens is 214 g/mol. The maximum absolute atomic E-state index is 13.4. The van der Waals surface area contributed by atoms with E-state index in [9.17, 15) is 8.78 Å². The van der Waals surface area contributed by atoms with Gasteiger partial charge in [0.05, 0.1) is 0 Å². The molecule has 0 bridgehead atoms. The van der Waals surface area contributed by atoms with E-state index in [0.717, 1.165) is 12.1 Å². The van der Waals surface area contributed by atoms with E-state index in [1.54, 1.807) is 0 Å². The topological polar surface area (TPSA) is 77.8 Å². The summed E-state index contributed by atoms with van der Waals surface area (Å²) in [7, 11) is 0. The average molecular weight is 222 g/mol. The van der Waals surface area contributed by atoms with Crippen LogP contribution in [0.4, 0.5) is 20.5 Å². The van der Waals surface area contributed by atoms with E-state index < -0.39 is 11.6 Å². The van der Waals surface area contributed by atoms with Crippen molar-refractivity contribution in [2.75, 3.05) is 11.5 Å². The van der Waals surface area contributed by atoms with Gasteiger partial charge in [0.15, 0.2) is 0 Å². The van der Waals surface area contributed by atoms with Gasteiger partial charge in [-0.05, 0) is 12.1 Å². The summed E-state index contributed by atoms with van der Waals surface area (Å²) in [6.45, 7) is 0. The minimum Gasteiger partial charge on any atom is -0.383 e. The highest BCUT2D eigenvalue weighted by atomic mass is 19.1. The van der Waals surface area contributed by atoms with Gasteiger partial charge in [0, 0.05) is 23.4 Å². The Morgan fingerprint density at radius 1 is 1.06 bits per heavy atom. The zero-order valence-electron chi connectivity index (χ0n) is 8.11. The van der Waals surface area contributed by atoms with Crippen LogP contribution in [0.5, 0.6) is 0 Å². The van der Waals surface area contributed by atoms with Crippen LogP contribution in [-0.2, 0) is 0 Å². The van der Waals surface area contributed by atoms with E-state index in [0.29, 0.717) is 0 Å². The molecule has 0 saturated carbocycles. The summed E-state index contributed by atoms with van der Waals surface area (Å²) >= 11 is 0. The summed E-state index contributed by atoms with van der Waals surface area (Å²) in [4.78, 5) is 7.40. The first-order valence-corrected chi connectivity index (χ1v) is 4.41. The van der Waals surface area contributed by atoms with Crippen molar-refractivity contribution in [3.05, 3.63) is 36.0 Å². The maximum Gasteiger partial charge on any atom is 0.221 e. The van der Waals surface area contributed by atoms with Crippen LogP contribution >= 0.6 is 0 Å². The molecule has 1 aromatic heterocycles. The first-order chi connectivity index (χ1) is 7.58. The fraction of sp³-hybridized carbons (Fsp3) is 0. The molecule has 2 aromatic rings. The highest BCUT2D eigenvalue weighted by molar-refractivity contribution is 5.73. The lowest BCUT2D eigenvalue weighted by Crippen LogP contribution is -2.01. The van der Waals surface area contributed by atoms with Gasteiger partial charge in [0.1, 0.15) is 17.5 Å². The Morgan fingerprint density at radius 3 is 2.44 bits per heavy atom.